The van der Waals surface area contributed by atoms with E-state index in [4.69, 9.17) is 5.11 Å². The van der Waals surface area contributed by atoms with Gasteiger partial charge in [0.15, 0.2) is 0 Å². The van der Waals surface area contributed by atoms with Gasteiger partial charge in [0.2, 0.25) is 0 Å². The molecule has 92 valence electrons. The molecule has 0 spiro atoms. The van der Waals surface area contributed by atoms with Crippen LogP contribution in [0.1, 0.15) is 42.4 Å². The fourth-order valence-electron chi connectivity index (χ4n) is 2.46. The Labute approximate surface area is 101 Å². The largest absolute Gasteiger partial charge is 0.477 e. The fourth-order valence-corrected chi connectivity index (χ4v) is 2.46. The lowest BCUT2D eigenvalue weighted by Crippen LogP contribution is -2.28. The molecule has 1 aromatic heterocycles. The molecule has 0 amide bonds. The van der Waals surface area contributed by atoms with Crippen LogP contribution in [0.4, 0.5) is 0 Å². The van der Waals surface area contributed by atoms with E-state index in [0.29, 0.717) is 6.04 Å². The van der Waals surface area contributed by atoms with E-state index in [9.17, 15) is 4.79 Å². The minimum Gasteiger partial charge on any atom is -0.477 e. The van der Waals surface area contributed by atoms with Crippen LogP contribution in [0.15, 0.2) is 18.2 Å². The number of hydrogen-bond acceptors (Lipinski definition) is 3. The highest BCUT2D eigenvalue weighted by Gasteiger charge is 2.23. The third-order valence-electron chi connectivity index (χ3n) is 3.36. The Balaban J connectivity index is 2.07. The number of carbonyl (C=O) groups is 1. The highest BCUT2D eigenvalue weighted by atomic mass is 16.4. The van der Waals surface area contributed by atoms with Gasteiger partial charge in [0, 0.05) is 12.6 Å². The first-order valence-corrected chi connectivity index (χ1v) is 6.14. The van der Waals surface area contributed by atoms with E-state index in [-0.39, 0.29) is 5.69 Å². The number of pyridine rings is 1. The second kappa shape index (κ2) is 5.27. The van der Waals surface area contributed by atoms with Crippen LogP contribution in [0.5, 0.6) is 0 Å². The van der Waals surface area contributed by atoms with Crippen molar-refractivity contribution in [3.63, 3.8) is 0 Å². The van der Waals surface area contributed by atoms with Gasteiger partial charge < -0.3 is 5.11 Å². The molecular weight excluding hydrogens is 216 g/mol. The Morgan fingerprint density at radius 2 is 2.41 bits per heavy atom. The molecule has 1 unspecified atom stereocenters. The molecule has 0 bridgehead atoms. The molecule has 1 atom stereocenters. The molecule has 1 saturated heterocycles. The minimum atomic E-state index is -0.958. The Morgan fingerprint density at radius 1 is 1.59 bits per heavy atom. The molecule has 0 aromatic carbocycles. The van der Waals surface area contributed by atoms with E-state index in [1.54, 1.807) is 6.07 Å². The highest BCUT2D eigenvalue weighted by molar-refractivity contribution is 5.85. The average molecular weight is 234 g/mol. The van der Waals surface area contributed by atoms with E-state index in [0.717, 1.165) is 25.2 Å². The predicted molar refractivity (Wildman–Crippen MR) is 64.9 cm³/mol. The van der Waals surface area contributed by atoms with Crippen molar-refractivity contribution in [2.75, 3.05) is 6.54 Å². The zero-order valence-electron chi connectivity index (χ0n) is 10.1. The van der Waals surface area contributed by atoms with Crippen LogP contribution in [0.25, 0.3) is 0 Å². The van der Waals surface area contributed by atoms with Gasteiger partial charge in [0.1, 0.15) is 5.69 Å². The summed E-state index contributed by atoms with van der Waals surface area (Å²) in [5.41, 5.74) is 0.986. The molecule has 0 aliphatic carbocycles. The molecule has 2 heterocycles. The van der Waals surface area contributed by atoms with Crippen molar-refractivity contribution in [3.05, 3.63) is 29.6 Å². The second-order valence-corrected chi connectivity index (χ2v) is 4.49. The number of rotatable bonds is 4. The third-order valence-corrected chi connectivity index (χ3v) is 3.36. The fraction of sp³-hybridized carbons (Fsp3) is 0.538. The maximum Gasteiger partial charge on any atom is 0.354 e. The molecule has 4 nitrogen and oxygen atoms in total. The second-order valence-electron chi connectivity index (χ2n) is 4.49. The first kappa shape index (κ1) is 12.0. The van der Waals surface area contributed by atoms with Crippen LogP contribution >= 0.6 is 0 Å². The lowest BCUT2D eigenvalue weighted by atomic mass is 10.1. The van der Waals surface area contributed by atoms with Gasteiger partial charge >= 0.3 is 5.97 Å². The van der Waals surface area contributed by atoms with Crippen molar-refractivity contribution in [1.82, 2.24) is 9.88 Å². The van der Waals surface area contributed by atoms with Crippen LogP contribution in [-0.2, 0) is 6.54 Å². The van der Waals surface area contributed by atoms with Crippen molar-refractivity contribution in [1.29, 1.82) is 0 Å². The maximum absolute atomic E-state index is 10.8. The maximum atomic E-state index is 10.8. The summed E-state index contributed by atoms with van der Waals surface area (Å²) in [7, 11) is 0. The average Bonchev–Trinajstić information content (AvgIpc) is 2.76. The summed E-state index contributed by atoms with van der Waals surface area (Å²) in [6.45, 7) is 4.06. The lowest BCUT2D eigenvalue weighted by Gasteiger charge is -2.22. The zero-order chi connectivity index (χ0) is 12.3. The third kappa shape index (κ3) is 2.82. The lowest BCUT2D eigenvalue weighted by molar-refractivity contribution is 0.0690. The van der Waals surface area contributed by atoms with E-state index in [1.165, 1.54) is 18.9 Å². The van der Waals surface area contributed by atoms with Crippen LogP contribution < -0.4 is 0 Å². The van der Waals surface area contributed by atoms with Gasteiger partial charge in [-0.05, 0) is 37.9 Å². The summed E-state index contributed by atoms with van der Waals surface area (Å²) < 4.78 is 0. The summed E-state index contributed by atoms with van der Waals surface area (Å²) in [5.74, 6) is -0.958. The number of likely N-dealkylation sites (tertiary alicyclic amines) is 1. The SMILES string of the molecule is CCC1CCCN1Cc1cccc(C(=O)O)n1. The van der Waals surface area contributed by atoms with Crippen molar-refractivity contribution < 1.29 is 9.90 Å². The van der Waals surface area contributed by atoms with Crippen molar-refractivity contribution in [3.8, 4) is 0 Å². The monoisotopic (exact) mass is 234 g/mol. The molecule has 1 N–H and O–H groups in total. The molecule has 1 aromatic rings. The molecule has 1 fully saturated rings. The minimum absolute atomic E-state index is 0.134. The smallest absolute Gasteiger partial charge is 0.354 e. The van der Waals surface area contributed by atoms with Gasteiger partial charge in [-0.25, -0.2) is 9.78 Å². The molecule has 0 radical (unpaired) electrons. The summed E-state index contributed by atoms with van der Waals surface area (Å²) in [4.78, 5) is 17.4. The molecule has 2 rings (SSSR count). The Kier molecular flexibility index (Phi) is 3.74. The molecular formula is C13H18N2O2. The van der Waals surface area contributed by atoms with Gasteiger partial charge in [0.25, 0.3) is 0 Å². The summed E-state index contributed by atoms with van der Waals surface area (Å²) in [6, 6.07) is 5.83. The first-order chi connectivity index (χ1) is 8.20. The molecule has 1 aliphatic rings. The summed E-state index contributed by atoms with van der Waals surface area (Å²) in [6.07, 6.45) is 3.63. The number of carboxylic acid groups (broad SMARTS) is 1. The summed E-state index contributed by atoms with van der Waals surface area (Å²) in [5, 5.41) is 8.89. The number of nitrogens with zero attached hydrogens (tertiary/aromatic N) is 2. The van der Waals surface area contributed by atoms with Crippen LogP contribution in [0.3, 0.4) is 0 Å². The van der Waals surface area contributed by atoms with Crippen LogP contribution in [0, 0.1) is 0 Å². The quantitative estimate of drug-likeness (QED) is 0.867. The predicted octanol–water partition coefficient (Wildman–Crippen LogP) is 2.15. The Hall–Kier alpha value is -1.42. The van der Waals surface area contributed by atoms with E-state index >= 15 is 0 Å². The van der Waals surface area contributed by atoms with Crippen molar-refractivity contribution in [2.45, 2.75) is 38.8 Å². The van der Waals surface area contributed by atoms with Crippen molar-refractivity contribution in [2.24, 2.45) is 0 Å². The number of aromatic nitrogens is 1. The Bertz CT molecular complexity index is 406. The first-order valence-electron chi connectivity index (χ1n) is 6.14. The Morgan fingerprint density at radius 3 is 3.12 bits per heavy atom. The normalized spacial score (nSPS) is 20.6. The van der Waals surface area contributed by atoms with Gasteiger partial charge in [-0.3, -0.25) is 4.90 Å². The van der Waals surface area contributed by atoms with Gasteiger partial charge in [-0.1, -0.05) is 13.0 Å². The highest BCUT2D eigenvalue weighted by Crippen LogP contribution is 2.21. The van der Waals surface area contributed by atoms with Gasteiger partial charge in [-0.15, -0.1) is 0 Å². The van der Waals surface area contributed by atoms with Crippen LogP contribution in [-0.4, -0.2) is 33.5 Å². The van der Waals surface area contributed by atoms with E-state index < -0.39 is 5.97 Å². The standard InChI is InChI=1S/C13H18N2O2/c1-2-11-6-4-8-15(11)9-10-5-3-7-12(14-10)13(16)17/h3,5,7,11H,2,4,6,8-9H2,1H3,(H,16,17). The molecule has 0 saturated carbocycles. The topological polar surface area (TPSA) is 53.4 Å². The van der Waals surface area contributed by atoms with E-state index in [1.807, 2.05) is 6.07 Å². The van der Waals surface area contributed by atoms with Gasteiger partial charge in [0.05, 0.1) is 5.69 Å². The van der Waals surface area contributed by atoms with E-state index in [2.05, 4.69) is 16.8 Å². The number of hydrogen-bond donors (Lipinski definition) is 1. The number of carboxylic acids is 1. The molecule has 4 heteroatoms. The zero-order valence-corrected chi connectivity index (χ0v) is 10.1. The molecule has 17 heavy (non-hydrogen) atoms. The van der Waals surface area contributed by atoms with Gasteiger partial charge in [-0.2, -0.15) is 0 Å². The molecule has 1 aliphatic heterocycles. The summed E-state index contributed by atoms with van der Waals surface area (Å²) >= 11 is 0. The van der Waals surface area contributed by atoms with Crippen molar-refractivity contribution >= 4 is 5.97 Å². The number of aromatic carboxylic acids is 1. The van der Waals surface area contributed by atoms with Crippen LogP contribution in [0.2, 0.25) is 0 Å².